The number of β-amino-alcohol motifs (C(OH)–C–C–N with tert-alkyl or cyclic N) is 1. The number of hydrogen-bond donors (Lipinski definition) is 1. The maximum Gasteiger partial charge on any atom is 0.0900 e. The van der Waals surface area contributed by atoms with Gasteiger partial charge in [-0.2, -0.15) is 0 Å². The summed E-state index contributed by atoms with van der Waals surface area (Å²) in [6, 6.07) is 0. The van der Waals surface area contributed by atoms with E-state index in [4.69, 9.17) is 9.47 Å². The zero-order valence-electron chi connectivity index (χ0n) is 19.9. The third-order valence-electron chi connectivity index (χ3n) is 5.76. The van der Waals surface area contributed by atoms with Gasteiger partial charge < -0.3 is 14.6 Å². The maximum absolute atomic E-state index is 9.81. The molecule has 0 spiro atoms. The minimum absolute atomic E-state index is 0.345. The van der Waals surface area contributed by atoms with Gasteiger partial charge in [-0.3, -0.25) is 4.90 Å². The van der Waals surface area contributed by atoms with Crippen LogP contribution in [0.25, 0.3) is 0 Å². The summed E-state index contributed by atoms with van der Waals surface area (Å²) in [5, 5.41) is 9.81. The maximum atomic E-state index is 9.81. The number of ether oxygens (including phenoxy) is 2. The lowest BCUT2D eigenvalue weighted by Gasteiger charge is -2.19. The Bertz CT molecular complexity index is 425. The topological polar surface area (TPSA) is 41.9 Å². The smallest absolute Gasteiger partial charge is 0.0900 e. The van der Waals surface area contributed by atoms with E-state index in [9.17, 15) is 5.11 Å². The van der Waals surface area contributed by atoms with Gasteiger partial charge in [0.2, 0.25) is 0 Å². The molecular formula is C26H49NO3. The quantitative estimate of drug-likeness (QED) is 0.196. The summed E-state index contributed by atoms with van der Waals surface area (Å²) >= 11 is 0. The lowest BCUT2D eigenvalue weighted by Crippen LogP contribution is -2.34. The molecule has 0 aliphatic carbocycles. The van der Waals surface area contributed by atoms with Gasteiger partial charge in [0.1, 0.15) is 0 Å². The molecule has 0 aromatic heterocycles. The second-order valence-electron chi connectivity index (χ2n) is 8.73. The average Bonchev–Trinajstić information content (AvgIpc) is 3.17. The highest BCUT2D eigenvalue weighted by molar-refractivity contribution is 4.92. The zero-order chi connectivity index (χ0) is 21.7. The van der Waals surface area contributed by atoms with Crippen molar-refractivity contribution in [1.29, 1.82) is 0 Å². The van der Waals surface area contributed by atoms with Crippen LogP contribution in [-0.2, 0) is 9.47 Å². The second-order valence-corrected chi connectivity index (χ2v) is 8.73. The molecule has 4 nitrogen and oxygen atoms in total. The third kappa shape index (κ3) is 16.1. The third-order valence-corrected chi connectivity index (χ3v) is 5.76. The standard InChI is InChI=1S/C26H49NO3/c1-3-4-5-6-7-8-9-10-11-12-13-14-15-16-17-18-21-30-26-19-20-27(23-26)22-25(28)24-29-2/h7-8,10-11,25-26,28H,3-6,9,12-24H2,1-2H3/b8-7-,11-10-/t25?,26-/m0/s1. The molecule has 2 atom stereocenters. The number of unbranched alkanes of at least 4 members (excludes halogenated alkanes) is 9. The normalized spacial score (nSPS) is 18.8. The van der Waals surface area contributed by atoms with Crippen LogP contribution in [0.2, 0.25) is 0 Å². The fourth-order valence-electron chi connectivity index (χ4n) is 3.98. The number of methoxy groups -OCH3 is 1. The van der Waals surface area contributed by atoms with Gasteiger partial charge in [-0.15, -0.1) is 0 Å². The SMILES string of the molecule is CCCCC/C=C\C/C=C\CCCCCCCCO[C@H]1CCN(CC(O)COC)C1. The summed E-state index contributed by atoms with van der Waals surface area (Å²) in [4.78, 5) is 2.28. The van der Waals surface area contributed by atoms with Crippen LogP contribution >= 0.6 is 0 Å². The Morgan fingerprint density at radius 3 is 2.30 bits per heavy atom. The number of allylic oxidation sites excluding steroid dienone is 4. The van der Waals surface area contributed by atoms with Crippen molar-refractivity contribution < 1.29 is 14.6 Å². The van der Waals surface area contributed by atoms with Crippen LogP contribution in [0.3, 0.4) is 0 Å². The first kappa shape index (κ1) is 27.4. The number of likely N-dealkylation sites (tertiary alicyclic amines) is 1. The highest BCUT2D eigenvalue weighted by Gasteiger charge is 2.24. The highest BCUT2D eigenvalue weighted by Crippen LogP contribution is 2.14. The van der Waals surface area contributed by atoms with Crippen molar-refractivity contribution in [3.63, 3.8) is 0 Å². The fourth-order valence-corrected chi connectivity index (χ4v) is 3.98. The summed E-state index contributed by atoms with van der Waals surface area (Å²) in [6.07, 6.45) is 25.7. The predicted octanol–water partition coefficient (Wildman–Crippen LogP) is 5.90. The van der Waals surface area contributed by atoms with Crippen molar-refractivity contribution in [2.45, 2.75) is 103 Å². The van der Waals surface area contributed by atoms with Gasteiger partial charge >= 0.3 is 0 Å². The molecule has 1 rings (SSSR count). The van der Waals surface area contributed by atoms with Crippen LogP contribution in [0.5, 0.6) is 0 Å². The molecular weight excluding hydrogens is 374 g/mol. The first-order chi connectivity index (χ1) is 14.8. The molecule has 4 heteroatoms. The number of rotatable bonds is 20. The molecule has 30 heavy (non-hydrogen) atoms. The predicted molar refractivity (Wildman–Crippen MR) is 128 cm³/mol. The molecule has 1 aliphatic heterocycles. The van der Waals surface area contributed by atoms with E-state index < -0.39 is 0 Å². The Kier molecular flexibility index (Phi) is 18.5. The molecule has 0 bridgehead atoms. The monoisotopic (exact) mass is 423 g/mol. The van der Waals surface area contributed by atoms with Gasteiger partial charge in [0.15, 0.2) is 0 Å². The summed E-state index contributed by atoms with van der Waals surface area (Å²) in [5.41, 5.74) is 0. The molecule has 1 heterocycles. The van der Waals surface area contributed by atoms with Gasteiger partial charge in [-0.05, 0) is 44.9 Å². The molecule has 0 aromatic rings. The molecule has 1 saturated heterocycles. The minimum atomic E-state index is -0.388. The van der Waals surface area contributed by atoms with Crippen LogP contribution in [0.4, 0.5) is 0 Å². The first-order valence-corrected chi connectivity index (χ1v) is 12.6. The van der Waals surface area contributed by atoms with Crippen LogP contribution < -0.4 is 0 Å². The minimum Gasteiger partial charge on any atom is -0.389 e. The van der Waals surface area contributed by atoms with Crippen LogP contribution in [0, 0.1) is 0 Å². The fraction of sp³-hybridized carbons (Fsp3) is 0.846. The summed E-state index contributed by atoms with van der Waals surface area (Å²) in [7, 11) is 1.63. The average molecular weight is 424 g/mol. The first-order valence-electron chi connectivity index (χ1n) is 12.6. The summed E-state index contributed by atoms with van der Waals surface area (Å²) < 4.78 is 11.0. The zero-order valence-corrected chi connectivity index (χ0v) is 19.9. The Balaban J connectivity index is 1.82. The lowest BCUT2D eigenvalue weighted by molar-refractivity contribution is 0.0300. The van der Waals surface area contributed by atoms with E-state index in [1.807, 2.05) is 0 Å². The van der Waals surface area contributed by atoms with Crippen molar-refractivity contribution >= 4 is 0 Å². The molecule has 1 unspecified atom stereocenters. The van der Waals surface area contributed by atoms with Gasteiger partial charge in [0, 0.05) is 33.4 Å². The van der Waals surface area contributed by atoms with Crippen molar-refractivity contribution in [3.8, 4) is 0 Å². The molecule has 1 N–H and O–H groups in total. The largest absolute Gasteiger partial charge is 0.389 e. The van der Waals surface area contributed by atoms with Crippen molar-refractivity contribution in [2.75, 3.05) is 40.0 Å². The summed E-state index contributed by atoms with van der Waals surface area (Å²) in [5.74, 6) is 0. The van der Waals surface area contributed by atoms with Crippen molar-refractivity contribution in [3.05, 3.63) is 24.3 Å². The highest BCUT2D eigenvalue weighted by atomic mass is 16.5. The Morgan fingerprint density at radius 1 is 0.933 bits per heavy atom. The van der Waals surface area contributed by atoms with Gasteiger partial charge in [0.25, 0.3) is 0 Å². The van der Waals surface area contributed by atoms with E-state index >= 15 is 0 Å². The van der Waals surface area contributed by atoms with Crippen LogP contribution in [0.15, 0.2) is 24.3 Å². The van der Waals surface area contributed by atoms with Crippen LogP contribution in [-0.4, -0.2) is 62.2 Å². The Morgan fingerprint density at radius 2 is 1.60 bits per heavy atom. The molecule has 1 aliphatic rings. The molecule has 0 radical (unpaired) electrons. The Hall–Kier alpha value is -0.680. The van der Waals surface area contributed by atoms with Crippen molar-refractivity contribution in [2.24, 2.45) is 0 Å². The lowest BCUT2D eigenvalue weighted by atomic mass is 10.1. The molecule has 0 aromatic carbocycles. The molecule has 0 amide bonds. The van der Waals surface area contributed by atoms with Gasteiger partial charge in [0.05, 0.1) is 18.8 Å². The molecule has 0 saturated carbocycles. The summed E-state index contributed by atoms with van der Waals surface area (Å²) in [6.45, 7) is 6.21. The van der Waals surface area contributed by atoms with E-state index in [-0.39, 0.29) is 6.10 Å². The van der Waals surface area contributed by atoms with E-state index in [2.05, 4.69) is 36.1 Å². The second kappa shape index (κ2) is 20.2. The van der Waals surface area contributed by atoms with E-state index in [1.54, 1.807) is 7.11 Å². The van der Waals surface area contributed by atoms with Gasteiger partial charge in [-0.1, -0.05) is 69.8 Å². The molecule has 176 valence electrons. The molecule has 1 fully saturated rings. The van der Waals surface area contributed by atoms with Crippen LogP contribution in [0.1, 0.15) is 90.4 Å². The van der Waals surface area contributed by atoms with Gasteiger partial charge in [-0.25, -0.2) is 0 Å². The Labute approximate surface area is 186 Å². The number of nitrogens with zero attached hydrogens (tertiary/aromatic N) is 1. The van der Waals surface area contributed by atoms with E-state index in [0.717, 1.165) is 32.5 Å². The number of aliphatic hydroxyl groups excluding tert-OH is 1. The van der Waals surface area contributed by atoms with E-state index in [1.165, 1.54) is 70.6 Å². The number of hydrogen-bond acceptors (Lipinski definition) is 4. The van der Waals surface area contributed by atoms with Crippen molar-refractivity contribution in [1.82, 2.24) is 4.90 Å². The number of aliphatic hydroxyl groups is 1. The van der Waals surface area contributed by atoms with E-state index in [0.29, 0.717) is 19.3 Å².